The molecule has 0 aliphatic heterocycles. The van der Waals surface area contributed by atoms with Crippen LogP contribution in [0, 0.1) is 0 Å². The maximum Gasteiger partial charge on any atom is -0.0342 e. The molecule has 10 heavy (non-hydrogen) atoms. The van der Waals surface area contributed by atoms with Crippen molar-refractivity contribution in [3.8, 4) is 0 Å². The van der Waals surface area contributed by atoms with Crippen molar-refractivity contribution in [2.45, 2.75) is 26.2 Å². The van der Waals surface area contributed by atoms with Crippen LogP contribution in [-0.4, -0.2) is 0 Å². The fourth-order valence-corrected chi connectivity index (χ4v) is 1.02. The fraction of sp³-hybridized carbons (Fsp3) is 0.400. The minimum atomic E-state index is 1.22. The summed E-state index contributed by atoms with van der Waals surface area (Å²) in [5.41, 5.74) is 1.38. The van der Waals surface area contributed by atoms with Crippen LogP contribution in [-0.2, 0) is 0 Å². The number of rotatable bonds is 0. The topological polar surface area (TPSA) is 0 Å². The summed E-state index contributed by atoms with van der Waals surface area (Å²) < 4.78 is 0. The maximum atomic E-state index is 2.30. The van der Waals surface area contributed by atoms with E-state index in [0.29, 0.717) is 0 Å². The van der Waals surface area contributed by atoms with Gasteiger partial charge >= 0.3 is 0 Å². The van der Waals surface area contributed by atoms with E-state index in [2.05, 4.69) is 37.3 Å². The zero-order valence-corrected chi connectivity index (χ0v) is 6.51. The van der Waals surface area contributed by atoms with Crippen molar-refractivity contribution in [1.29, 1.82) is 0 Å². The summed E-state index contributed by atoms with van der Waals surface area (Å²) in [5, 5.41) is 0. The van der Waals surface area contributed by atoms with Gasteiger partial charge in [0.1, 0.15) is 0 Å². The first-order valence-corrected chi connectivity index (χ1v) is 3.89. The van der Waals surface area contributed by atoms with Gasteiger partial charge in [-0.1, -0.05) is 36.0 Å². The smallest absolute Gasteiger partial charge is 0.0342 e. The van der Waals surface area contributed by atoms with E-state index in [9.17, 15) is 0 Å². The Morgan fingerprint density at radius 2 is 2.10 bits per heavy atom. The second-order valence-corrected chi connectivity index (χ2v) is 2.67. The fourth-order valence-electron chi connectivity index (χ4n) is 1.02. The van der Waals surface area contributed by atoms with E-state index in [-0.39, 0.29) is 0 Å². The molecule has 54 valence electrons. The standard InChI is InChI=1S/C10H14/c1-10-8-6-4-2-3-5-7-9-10/h2,4,6,8-9H,3,5,7H2,1H3. The van der Waals surface area contributed by atoms with Gasteiger partial charge < -0.3 is 0 Å². The molecular weight excluding hydrogens is 120 g/mol. The molecule has 0 unspecified atom stereocenters. The maximum absolute atomic E-state index is 2.30. The van der Waals surface area contributed by atoms with E-state index in [1.807, 2.05) is 0 Å². The van der Waals surface area contributed by atoms with Gasteiger partial charge in [-0.05, 0) is 26.2 Å². The van der Waals surface area contributed by atoms with Crippen molar-refractivity contribution < 1.29 is 0 Å². The molecule has 0 spiro atoms. The van der Waals surface area contributed by atoms with Crippen molar-refractivity contribution in [2.24, 2.45) is 0 Å². The lowest BCUT2D eigenvalue weighted by atomic mass is 10.2. The van der Waals surface area contributed by atoms with Crippen molar-refractivity contribution in [2.75, 3.05) is 0 Å². The molecule has 0 amide bonds. The number of hydrogen-bond donors (Lipinski definition) is 0. The number of hydrogen-bond acceptors (Lipinski definition) is 0. The van der Waals surface area contributed by atoms with Crippen LogP contribution >= 0.6 is 0 Å². The molecule has 1 aliphatic rings. The Hall–Kier alpha value is -0.780. The molecule has 0 aromatic carbocycles. The largest absolute Gasteiger partial charge is 0.0845 e. The van der Waals surface area contributed by atoms with Gasteiger partial charge in [0.2, 0.25) is 0 Å². The van der Waals surface area contributed by atoms with Crippen molar-refractivity contribution in [3.63, 3.8) is 0 Å². The molecule has 0 nitrogen and oxygen atoms in total. The second-order valence-electron chi connectivity index (χ2n) is 2.67. The third-order valence-corrected chi connectivity index (χ3v) is 1.65. The monoisotopic (exact) mass is 134 g/mol. The summed E-state index contributed by atoms with van der Waals surface area (Å²) in [6, 6.07) is 0. The van der Waals surface area contributed by atoms with Crippen LogP contribution in [0.2, 0.25) is 0 Å². The summed E-state index contributed by atoms with van der Waals surface area (Å²) in [7, 11) is 0. The molecule has 1 rings (SSSR count). The van der Waals surface area contributed by atoms with Gasteiger partial charge in [0.25, 0.3) is 0 Å². The normalized spacial score (nSPS) is 19.1. The molecule has 0 radical (unpaired) electrons. The van der Waals surface area contributed by atoms with Crippen molar-refractivity contribution in [1.82, 2.24) is 0 Å². The summed E-state index contributed by atoms with van der Waals surface area (Å²) in [4.78, 5) is 0. The lowest BCUT2D eigenvalue weighted by Crippen LogP contribution is -1.69. The molecule has 0 fully saturated rings. The van der Waals surface area contributed by atoms with Crippen LogP contribution in [0.5, 0.6) is 0 Å². The first-order chi connectivity index (χ1) is 4.89. The Labute approximate surface area is 62.9 Å². The highest BCUT2D eigenvalue weighted by atomic mass is 13.9. The van der Waals surface area contributed by atoms with E-state index in [1.165, 1.54) is 24.8 Å². The van der Waals surface area contributed by atoms with Crippen LogP contribution in [0.3, 0.4) is 0 Å². The van der Waals surface area contributed by atoms with Gasteiger partial charge in [0, 0.05) is 0 Å². The Bertz CT molecular complexity index is 170. The first kappa shape index (κ1) is 7.33. The molecular formula is C10H14. The van der Waals surface area contributed by atoms with E-state index in [1.54, 1.807) is 0 Å². The Morgan fingerprint density at radius 3 is 3.00 bits per heavy atom. The molecule has 0 aromatic heterocycles. The summed E-state index contributed by atoms with van der Waals surface area (Å²) in [5.74, 6) is 0. The molecule has 0 bridgehead atoms. The minimum absolute atomic E-state index is 1.22. The Morgan fingerprint density at radius 1 is 1.20 bits per heavy atom. The van der Waals surface area contributed by atoms with Crippen LogP contribution < -0.4 is 0 Å². The lowest BCUT2D eigenvalue weighted by molar-refractivity contribution is 0.866. The molecule has 1 aliphatic carbocycles. The predicted molar refractivity (Wildman–Crippen MR) is 45.9 cm³/mol. The van der Waals surface area contributed by atoms with E-state index >= 15 is 0 Å². The van der Waals surface area contributed by atoms with Gasteiger partial charge in [-0.15, -0.1) is 0 Å². The van der Waals surface area contributed by atoms with Gasteiger partial charge in [0.05, 0.1) is 0 Å². The van der Waals surface area contributed by atoms with Crippen LogP contribution in [0.4, 0.5) is 0 Å². The van der Waals surface area contributed by atoms with E-state index in [0.717, 1.165) is 0 Å². The average Bonchev–Trinajstić information content (AvgIpc) is 2.02. The highest BCUT2D eigenvalue weighted by Gasteiger charge is 1.85. The first-order valence-electron chi connectivity index (χ1n) is 3.89. The molecule has 0 N–H and O–H groups in total. The zero-order valence-electron chi connectivity index (χ0n) is 6.51. The summed E-state index contributed by atoms with van der Waals surface area (Å²) >= 11 is 0. The van der Waals surface area contributed by atoms with Gasteiger partial charge in [0.15, 0.2) is 0 Å². The van der Waals surface area contributed by atoms with Crippen LogP contribution in [0.15, 0.2) is 36.0 Å². The van der Waals surface area contributed by atoms with E-state index < -0.39 is 0 Å². The van der Waals surface area contributed by atoms with Gasteiger partial charge in [-0.2, -0.15) is 0 Å². The Balaban J connectivity index is 2.59. The van der Waals surface area contributed by atoms with Crippen molar-refractivity contribution >= 4 is 0 Å². The highest BCUT2D eigenvalue weighted by Crippen LogP contribution is 2.05. The second kappa shape index (κ2) is 4.10. The minimum Gasteiger partial charge on any atom is -0.0845 e. The molecule has 0 heterocycles. The summed E-state index contributed by atoms with van der Waals surface area (Å²) in [6.45, 7) is 2.15. The SMILES string of the molecule is CC1=CCCCC=CC=C1. The number of allylic oxidation sites excluding steroid dienone is 6. The summed E-state index contributed by atoms with van der Waals surface area (Å²) in [6.07, 6.45) is 14.6. The van der Waals surface area contributed by atoms with Gasteiger partial charge in [-0.3, -0.25) is 0 Å². The highest BCUT2D eigenvalue weighted by molar-refractivity contribution is 5.20. The average molecular weight is 134 g/mol. The van der Waals surface area contributed by atoms with E-state index in [4.69, 9.17) is 0 Å². The van der Waals surface area contributed by atoms with Crippen LogP contribution in [0.1, 0.15) is 26.2 Å². The Kier molecular flexibility index (Phi) is 3.01. The third kappa shape index (κ3) is 2.67. The quantitative estimate of drug-likeness (QED) is 0.477. The lowest BCUT2D eigenvalue weighted by Gasteiger charge is -1.90. The van der Waals surface area contributed by atoms with Gasteiger partial charge in [-0.25, -0.2) is 0 Å². The zero-order chi connectivity index (χ0) is 7.23. The van der Waals surface area contributed by atoms with Crippen molar-refractivity contribution in [3.05, 3.63) is 36.0 Å². The molecule has 0 heteroatoms. The molecule has 0 saturated heterocycles. The molecule has 0 aromatic rings. The molecule has 0 saturated carbocycles. The molecule has 0 atom stereocenters. The third-order valence-electron chi connectivity index (χ3n) is 1.65. The predicted octanol–water partition coefficient (Wildman–Crippen LogP) is 3.23. The van der Waals surface area contributed by atoms with Crippen LogP contribution in [0.25, 0.3) is 0 Å².